The van der Waals surface area contributed by atoms with E-state index in [-0.39, 0.29) is 5.41 Å². The van der Waals surface area contributed by atoms with Crippen LogP contribution in [0.3, 0.4) is 0 Å². The maximum absolute atomic E-state index is 8.98. The van der Waals surface area contributed by atoms with Gasteiger partial charge in [0.15, 0.2) is 0 Å². The minimum atomic E-state index is -0.425. The fourth-order valence-electron chi connectivity index (χ4n) is 5.14. The van der Waals surface area contributed by atoms with Gasteiger partial charge in [0.2, 0.25) is 0 Å². The average molecular weight is 372 g/mol. The number of hydrogen-bond donors (Lipinski definition) is 0. The van der Waals surface area contributed by atoms with Crippen molar-refractivity contribution in [2.24, 2.45) is 0 Å². The molecule has 5 rings (SSSR count). The summed E-state index contributed by atoms with van der Waals surface area (Å²) in [5, 5.41) is 4.72. The Kier molecular flexibility index (Phi) is 3.79. The van der Waals surface area contributed by atoms with Crippen LogP contribution in [0.2, 0.25) is 0 Å². The Labute approximate surface area is 169 Å². The average Bonchev–Trinajstić information content (AvgIpc) is 3.05. The highest BCUT2D eigenvalue weighted by Gasteiger charge is 2.24. The summed E-state index contributed by atoms with van der Waals surface area (Å²) in [6.07, 6.45) is 5.54. The van der Waals surface area contributed by atoms with E-state index in [1.165, 1.54) is 46.5 Å². The van der Waals surface area contributed by atoms with Gasteiger partial charge in [0.25, 0.3) is 0 Å². The summed E-state index contributed by atoms with van der Waals surface area (Å²) >= 11 is 0. The lowest BCUT2D eigenvalue weighted by Crippen LogP contribution is -2.13. The highest BCUT2D eigenvalue weighted by atomic mass is 16.3. The summed E-state index contributed by atoms with van der Waals surface area (Å²) in [5.41, 5.74) is 5.76. The Hall–Kier alpha value is -2.28. The van der Waals surface area contributed by atoms with Crippen molar-refractivity contribution in [3.63, 3.8) is 0 Å². The second-order valence-corrected chi connectivity index (χ2v) is 9.53. The van der Waals surface area contributed by atoms with Crippen LogP contribution in [-0.2, 0) is 5.41 Å². The Morgan fingerprint density at radius 1 is 0.857 bits per heavy atom. The summed E-state index contributed by atoms with van der Waals surface area (Å²) in [5.74, 6) is -0.425. The summed E-state index contributed by atoms with van der Waals surface area (Å²) < 4.78 is 15.6. The van der Waals surface area contributed by atoms with Crippen molar-refractivity contribution < 1.29 is 5.79 Å². The molecule has 1 fully saturated rings. The number of aryl methyl sites for hydroxylation is 1. The molecule has 4 aromatic rings. The largest absolute Gasteiger partial charge is 0.455 e. The first-order valence-electron chi connectivity index (χ1n) is 11.2. The Balaban J connectivity index is 1.75. The van der Waals surface area contributed by atoms with Crippen LogP contribution in [0.1, 0.15) is 76.8 Å². The molecule has 0 unspecified atom stereocenters. The van der Waals surface area contributed by atoms with E-state index in [4.69, 9.17) is 5.79 Å². The number of hydrogen-bond acceptors (Lipinski definition) is 1. The molecule has 0 amide bonds. The first kappa shape index (κ1) is 16.7. The maximum Gasteiger partial charge on any atom is 0.143 e. The topological polar surface area (TPSA) is 13.1 Å². The Morgan fingerprint density at radius 2 is 1.54 bits per heavy atom. The second kappa shape index (κ2) is 6.37. The van der Waals surface area contributed by atoms with Crippen LogP contribution >= 0.6 is 0 Å². The maximum atomic E-state index is 8.98. The second-order valence-electron chi connectivity index (χ2n) is 9.53. The van der Waals surface area contributed by atoms with Crippen LogP contribution in [0.4, 0.5) is 0 Å². The third kappa shape index (κ3) is 2.75. The van der Waals surface area contributed by atoms with Crippen molar-refractivity contribution >= 4 is 32.7 Å². The fourth-order valence-corrected chi connectivity index (χ4v) is 5.14. The number of fused-ring (bicyclic) bond motifs is 5. The lowest BCUT2D eigenvalue weighted by atomic mass is 9.83. The van der Waals surface area contributed by atoms with Crippen LogP contribution in [-0.4, -0.2) is 0 Å². The summed E-state index contributed by atoms with van der Waals surface area (Å²) in [7, 11) is 0. The minimum absolute atomic E-state index is 0.0268. The van der Waals surface area contributed by atoms with Crippen LogP contribution in [0.25, 0.3) is 32.7 Å². The molecule has 0 bridgehead atoms. The third-order valence-corrected chi connectivity index (χ3v) is 6.45. The zero-order valence-corrected chi connectivity index (χ0v) is 17.5. The molecule has 1 aliphatic carbocycles. The lowest BCUT2D eigenvalue weighted by Gasteiger charge is -2.22. The summed E-state index contributed by atoms with van der Waals surface area (Å²) in [6.45, 7) is 8.94. The van der Waals surface area contributed by atoms with E-state index in [2.05, 4.69) is 70.2 Å². The standard InChI is InChI=1S/C27H30O/c1-17-10-13-23-22-15-12-20-16-19(18-8-6-5-7-9-18)11-14-21(20)25(22)28-26(23)24(17)27(2,3)4/h10-16,18H,5-9H2,1-4H3/i18D. The van der Waals surface area contributed by atoms with Crippen LogP contribution in [0.5, 0.6) is 0 Å². The predicted molar refractivity (Wildman–Crippen MR) is 120 cm³/mol. The fraction of sp³-hybridized carbons (Fsp3) is 0.407. The number of benzene rings is 3. The molecule has 0 N–H and O–H groups in total. The molecule has 0 aliphatic heterocycles. The van der Waals surface area contributed by atoms with Gasteiger partial charge in [-0.3, -0.25) is 0 Å². The van der Waals surface area contributed by atoms with Gasteiger partial charge >= 0.3 is 0 Å². The SMILES string of the molecule is [2H]C1(c2ccc3c(ccc4c5ccc(C)c(C(C)(C)C)c5oc34)c2)CCCCC1. The van der Waals surface area contributed by atoms with Gasteiger partial charge in [0, 0.05) is 23.1 Å². The van der Waals surface area contributed by atoms with E-state index in [0.717, 1.165) is 35.0 Å². The van der Waals surface area contributed by atoms with Crippen molar-refractivity contribution in [2.75, 3.05) is 0 Å². The van der Waals surface area contributed by atoms with E-state index < -0.39 is 5.89 Å². The van der Waals surface area contributed by atoms with Crippen molar-refractivity contribution in [3.8, 4) is 0 Å². The monoisotopic (exact) mass is 371 g/mol. The molecule has 1 aliphatic rings. The molecule has 144 valence electrons. The molecule has 1 nitrogen and oxygen atoms in total. The summed E-state index contributed by atoms with van der Waals surface area (Å²) in [6, 6.07) is 15.4. The zero-order chi connectivity index (χ0) is 20.4. The molecular formula is C27H30O. The van der Waals surface area contributed by atoms with E-state index >= 15 is 0 Å². The van der Waals surface area contributed by atoms with Gasteiger partial charge in [0.05, 0.1) is 0 Å². The Morgan fingerprint density at radius 3 is 2.29 bits per heavy atom. The van der Waals surface area contributed by atoms with E-state index in [9.17, 15) is 0 Å². The minimum Gasteiger partial charge on any atom is -0.455 e. The number of rotatable bonds is 1. The van der Waals surface area contributed by atoms with Gasteiger partial charge in [-0.25, -0.2) is 0 Å². The molecule has 0 spiro atoms. The van der Waals surface area contributed by atoms with E-state index in [1.807, 2.05) is 0 Å². The smallest absolute Gasteiger partial charge is 0.143 e. The first-order valence-corrected chi connectivity index (χ1v) is 10.7. The molecule has 0 saturated heterocycles. The number of furan rings is 1. The van der Waals surface area contributed by atoms with Crippen molar-refractivity contribution in [2.45, 2.75) is 71.1 Å². The van der Waals surface area contributed by atoms with Crippen molar-refractivity contribution in [1.29, 1.82) is 0 Å². The van der Waals surface area contributed by atoms with Gasteiger partial charge < -0.3 is 4.42 Å². The van der Waals surface area contributed by atoms with Gasteiger partial charge in [-0.05, 0) is 53.7 Å². The van der Waals surface area contributed by atoms with Crippen molar-refractivity contribution in [1.82, 2.24) is 0 Å². The quantitative estimate of drug-likeness (QED) is 0.327. The molecule has 1 heteroatoms. The highest BCUT2D eigenvalue weighted by Crippen LogP contribution is 2.41. The van der Waals surface area contributed by atoms with Crippen LogP contribution in [0.15, 0.2) is 46.9 Å². The normalized spacial score (nSPS) is 18.1. The Bertz CT molecular complexity index is 1230. The molecule has 1 heterocycles. The van der Waals surface area contributed by atoms with Crippen LogP contribution < -0.4 is 0 Å². The molecular weight excluding hydrogens is 340 g/mol. The first-order chi connectivity index (χ1) is 13.8. The van der Waals surface area contributed by atoms with Gasteiger partial charge in [-0.1, -0.05) is 76.4 Å². The zero-order valence-electron chi connectivity index (χ0n) is 18.5. The molecule has 0 atom stereocenters. The van der Waals surface area contributed by atoms with Gasteiger partial charge in [-0.2, -0.15) is 0 Å². The third-order valence-electron chi connectivity index (χ3n) is 6.45. The van der Waals surface area contributed by atoms with Crippen molar-refractivity contribution in [3.05, 3.63) is 59.2 Å². The van der Waals surface area contributed by atoms with Gasteiger partial charge in [-0.15, -0.1) is 0 Å². The molecule has 1 saturated carbocycles. The van der Waals surface area contributed by atoms with E-state index in [0.29, 0.717) is 0 Å². The molecule has 3 aromatic carbocycles. The lowest BCUT2D eigenvalue weighted by molar-refractivity contribution is 0.444. The molecule has 0 radical (unpaired) electrons. The molecule has 1 aromatic heterocycles. The highest BCUT2D eigenvalue weighted by molar-refractivity contribution is 6.15. The van der Waals surface area contributed by atoms with Gasteiger partial charge in [0.1, 0.15) is 11.2 Å². The van der Waals surface area contributed by atoms with E-state index in [1.54, 1.807) is 0 Å². The molecule has 28 heavy (non-hydrogen) atoms. The predicted octanol–water partition coefficient (Wildman–Crippen LogP) is 8.39. The van der Waals surface area contributed by atoms with Crippen LogP contribution in [0, 0.1) is 6.92 Å². The summed E-state index contributed by atoms with van der Waals surface area (Å²) in [4.78, 5) is 0.